The van der Waals surface area contributed by atoms with Gasteiger partial charge in [0.2, 0.25) is 0 Å². The number of hydrogen-bond donors (Lipinski definition) is 1. The Balaban J connectivity index is 2.78. The van der Waals surface area contributed by atoms with Gasteiger partial charge in [-0.3, -0.25) is 0 Å². The first kappa shape index (κ1) is 10.8. The number of carbonyl (C=O) groups is 1. The molecule has 0 saturated heterocycles. The van der Waals surface area contributed by atoms with Crippen molar-refractivity contribution in [1.29, 1.82) is 0 Å². The van der Waals surface area contributed by atoms with Gasteiger partial charge in [-0.25, -0.2) is 9.18 Å². The van der Waals surface area contributed by atoms with Crippen LogP contribution in [0.25, 0.3) is 0 Å². The number of aliphatic carboxylic acids is 1. The Morgan fingerprint density at radius 1 is 1.64 bits per heavy atom. The maximum Gasteiger partial charge on any atom is 0.344 e. The van der Waals surface area contributed by atoms with Gasteiger partial charge >= 0.3 is 5.97 Å². The zero-order chi connectivity index (χ0) is 10.7. The first-order chi connectivity index (χ1) is 6.50. The van der Waals surface area contributed by atoms with E-state index in [0.29, 0.717) is 0 Å². The lowest BCUT2D eigenvalue weighted by Gasteiger charge is -2.10. The molecule has 0 amide bonds. The molecule has 0 unspecified atom stereocenters. The molecule has 0 fully saturated rings. The van der Waals surface area contributed by atoms with Crippen LogP contribution in [0.3, 0.4) is 0 Å². The molecule has 1 aromatic carbocycles. The molecule has 1 aromatic rings. The highest BCUT2D eigenvalue weighted by atomic mass is 35.5. The van der Waals surface area contributed by atoms with Crippen molar-refractivity contribution in [2.45, 2.75) is 13.0 Å². The van der Waals surface area contributed by atoms with E-state index in [2.05, 4.69) is 0 Å². The summed E-state index contributed by atoms with van der Waals surface area (Å²) in [6, 6.07) is 3.76. The molecule has 0 heterocycles. The predicted molar refractivity (Wildman–Crippen MR) is 49.1 cm³/mol. The summed E-state index contributed by atoms with van der Waals surface area (Å²) in [5.74, 6) is -1.61. The molecule has 0 aliphatic heterocycles. The number of hydrogen-bond acceptors (Lipinski definition) is 2. The topological polar surface area (TPSA) is 46.5 Å². The second kappa shape index (κ2) is 4.28. The monoisotopic (exact) mass is 218 g/mol. The number of rotatable bonds is 3. The quantitative estimate of drug-likeness (QED) is 0.847. The van der Waals surface area contributed by atoms with Crippen LogP contribution in [0.15, 0.2) is 18.2 Å². The van der Waals surface area contributed by atoms with Crippen LogP contribution in [0.5, 0.6) is 5.75 Å². The largest absolute Gasteiger partial charge is 0.479 e. The van der Waals surface area contributed by atoms with Crippen LogP contribution in [-0.2, 0) is 4.79 Å². The summed E-state index contributed by atoms with van der Waals surface area (Å²) in [6.45, 7) is 1.36. The fourth-order valence-corrected chi connectivity index (χ4v) is 0.922. The molecule has 0 saturated carbocycles. The average molecular weight is 219 g/mol. The number of benzene rings is 1. The molecule has 76 valence electrons. The van der Waals surface area contributed by atoms with Gasteiger partial charge in [-0.15, -0.1) is 0 Å². The third kappa shape index (κ3) is 2.60. The zero-order valence-corrected chi connectivity index (χ0v) is 8.08. The normalized spacial score (nSPS) is 12.2. The molecule has 0 aromatic heterocycles. The summed E-state index contributed by atoms with van der Waals surface area (Å²) >= 11 is 5.43. The van der Waals surface area contributed by atoms with E-state index in [4.69, 9.17) is 21.4 Å². The van der Waals surface area contributed by atoms with Gasteiger partial charge in [-0.05, 0) is 19.1 Å². The Hall–Kier alpha value is -1.29. The minimum Gasteiger partial charge on any atom is -0.479 e. The summed E-state index contributed by atoms with van der Waals surface area (Å²) in [7, 11) is 0. The first-order valence-corrected chi connectivity index (χ1v) is 4.23. The van der Waals surface area contributed by atoms with E-state index >= 15 is 0 Å². The van der Waals surface area contributed by atoms with Crippen molar-refractivity contribution in [3.63, 3.8) is 0 Å². The smallest absolute Gasteiger partial charge is 0.344 e. The van der Waals surface area contributed by atoms with E-state index in [0.717, 1.165) is 6.07 Å². The number of carboxylic acids is 1. The Kier molecular flexibility index (Phi) is 3.30. The number of halogens is 2. The van der Waals surface area contributed by atoms with E-state index in [1.54, 1.807) is 0 Å². The maximum atomic E-state index is 12.9. The van der Waals surface area contributed by atoms with Gasteiger partial charge in [-0.2, -0.15) is 0 Å². The molecule has 0 spiro atoms. The van der Waals surface area contributed by atoms with Gasteiger partial charge in [0.15, 0.2) is 6.10 Å². The summed E-state index contributed by atoms with van der Waals surface area (Å²) in [5, 5.41) is 8.49. The second-order valence-electron chi connectivity index (χ2n) is 2.67. The van der Waals surface area contributed by atoms with Gasteiger partial charge in [0.1, 0.15) is 11.6 Å². The molecule has 3 nitrogen and oxygen atoms in total. The highest BCUT2D eigenvalue weighted by Crippen LogP contribution is 2.21. The third-order valence-corrected chi connectivity index (χ3v) is 1.86. The van der Waals surface area contributed by atoms with E-state index in [-0.39, 0.29) is 10.8 Å². The molecule has 0 radical (unpaired) electrons. The standard InChI is InChI=1S/C9H8ClFO3/c1-5(9(12)13)14-6-2-3-7(10)8(11)4-6/h2-5H,1H3,(H,12,13)/t5-/m0/s1. The lowest BCUT2D eigenvalue weighted by atomic mass is 10.3. The molecular weight excluding hydrogens is 211 g/mol. The second-order valence-corrected chi connectivity index (χ2v) is 3.08. The molecule has 5 heteroatoms. The summed E-state index contributed by atoms with van der Waals surface area (Å²) < 4.78 is 17.8. The van der Waals surface area contributed by atoms with Crippen molar-refractivity contribution < 1.29 is 19.0 Å². The number of carboxylic acid groups (broad SMARTS) is 1. The average Bonchev–Trinajstić information content (AvgIpc) is 2.11. The Morgan fingerprint density at radius 3 is 2.79 bits per heavy atom. The van der Waals surface area contributed by atoms with Crippen molar-refractivity contribution in [1.82, 2.24) is 0 Å². The fourth-order valence-electron chi connectivity index (χ4n) is 0.805. The van der Waals surface area contributed by atoms with E-state index in [9.17, 15) is 9.18 Å². The van der Waals surface area contributed by atoms with Gasteiger partial charge in [0.05, 0.1) is 5.02 Å². The Morgan fingerprint density at radius 2 is 2.29 bits per heavy atom. The molecule has 1 atom stereocenters. The Labute approximate surface area is 85.1 Å². The summed E-state index contributed by atoms with van der Waals surface area (Å²) in [6.07, 6.45) is -1.02. The van der Waals surface area contributed by atoms with Crippen LogP contribution in [0, 0.1) is 5.82 Å². The minimum absolute atomic E-state index is 0.0275. The van der Waals surface area contributed by atoms with Gasteiger partial charge in [0, 0.05) is 6.07 Å². The molecule has 0 aliphatic carbocycles. The van der Waals surface area contributed by atoms with Crippen LogP contribution >= 0.6 is 11.6 Å². The van der Waals surface area contributed by atoms with Crippen LogP contribution < -0.4 is 4.74 Å². The van der Waals surface area contributed by atoms with E-state index in [1.807, 2.05) is 0 Å². The lowest BCUT2D eigenvalue weighted by molar-refractivity contribution is -0.144. The van der Waals surface area contributed by atoms with Gasteiger partial charge < -0.3 is 9.84 Å². The molecule has 1 rings (SSSR count). The summed E-state index contributed by atoms with van der Waals surface area (Å²) in [4.78, 5) is 10.4. The van der Waals surface area contributed by atoms with Crippen molar-refractivity contribution in [2.75, 3.05) is 0 Å². The van der Waals surface area contributed by atoms with Crippen LogP contribution in [0.2, 0.25) is 5.02 Å². The van der Waals surface area contributed by atoms with Crippen molar-refractivity contribution in [2.24, 2.45) is 0 Å². The molecular formula is C9H8ClFO3. The first-order valence-electron chi connectivity index (χ1n) is 3.85. The lowest BCUT2D eigenvalue weighted by Crippen LogP contribution is -2.22. The maximum absolute atomic E-state index is 12.9. The van der Waals surface area contributed by atoms with Crippen molar-refractivity contribution in [3.8, 4) is 5.75 Å². The third-order valence-electron chi connectivity index (χ3n) is 1.55. The van der Waals surface area contributed by atoms with E-state index < -0.39 is 17.9 Å². The van der Waals surface area contributed by atoms with Gasteiger partial charge in [0.25, 0.3) is 0 Å². The summed E-state index contributed by atoms with van der Waals surface area (Å²) in [5.41, 5.74) is 0. The van der Waals surface area contributed by atoms with Crippen LogP contribution in [0.4, 0.5) is 4.39 Å². The molecule has 0 aliphatic rings. The van der Waals surface area contributed by atoms with Gasteiger partial charge in [-0.1, -0.05) is 11.6 Å². The molecule has 14 heavy (non-hydrogen) atoms. The molecule has 1 N–H and O–H groups in total. The highest BCUT2D eigenvalue weighted by molar-refractivity contribution is 6.30. The van der Waals surface area contributed by atoms with E-state index in [1.165, 1.54) is 19.1 Å². The van der Waals surface area contributed by atoms with Crippen molar-refractivity contribution in [3.05, 3.63) is 29.0 Å². The fraction of sp³-hybridized carbons (Fsp3) is 0.222. The Bertz CT molecular complexity index is 354. The highest BCUT2D eigenvalue weighted by Gasteiger charge is 2.13. The molecule has 0 bridgehead atoms. The SMILES string of the molecule is C[C@H](Oc1ccc(Cl)c(F)c1)C(=O)O. The zero-order valence-electron chi connectivity index (χ0n) is 7.33. The number of ether oxygens (including phenoxy) is 1. The van der Waals surface area contributed by atoms with Crippen molar-refractivity contribution >= 4 is 17.6 Å². The van der Waals surface area contributed by atoms with Crippen LogP contribution in [-0.4, -0.2) is 17.2 Å². The van der Waals surface area contributed by atoms with Crippen LogP contribution in [0.1, 0.15) is 6.92 Å². The predicted octanol–water partition coefficient (Wildman–Crippen LogP) is 2.33. The minimum atomic E-state index is -1.11.